The number of amides is 3. The number of aryl methyl sites for hydroxylation is 2. The topological polar surface area (TPSA) is 88.2 Å². The van der Waals surface area contributed by atoms with Crippen LogP contribution in [0, 0.1) is 13.8 Å². The number of piperidine rings is 1. The molecule has 1 aromatic heterocycles. The minimum absolute atomic E-state index is 0.228. The largest absolute Gasteiger partial charge is 0.340 e. The monoisotopic (exact) mass is 311 g/mol. The maximum atomic E-state index is 12.6. The van der Waals surface area contributed by atoms with Crippen molar-refractivity contribution < 1.29 is 14.4 Å². The van der Waals surface area contributed by atoms with Gasteiger partial charge in [-0.2, -0.15) is 0 Å². The molecule has 1 fully saturated rings. The zero-order valence-electron chi connectivity index (χ0n) is 13.0. The Morgan fingerprint density at radius 3 is 2.78 bits per heavy atom. The highest BCUT2D eigenvalue weighted by Crippen LogP contribution is 2.20. The number of aromatic nitrogens is 1. The van der Waals surface area contributed by atoms with Crippen LogP contribution in [-0.4, -0.2) is 28.7 Å². The first-order valence-corrected chi connectivity index (χ1v) is 7.46. The predicted molar refractivity (Wildman–Crippen MR) is 84.9 cm³/mol. The summed E-state index contributed by atoms with van der Waals surface area (Å²) in [5.74, 6) is -1.09. The summed E-state index contributed by atoms with van der Waals surface area (Å²) in [5, 5.41) is 5.70. The summed E-state index contributed by atoms with van der Waals surface area (Å²) in [6, 6.07) is 6.75. The van der Waals surface area contributed by atoms with Crippen molar-refractivity contribution in [2.45, 2.75) is 32.7 Å². The molecule has 0 saturated carbocycles. The van der Waals surface area contributed by atoms with E-state index in [9.17, 15) is 14.4 Å². The molecule has 2 aromatic rings. The maximum Gasteiger partial charge on any atom is 0.252 e. The first-order valence-electron chi connectivity index (χ1n) is 7.46. The van der Waals surface area contributed by atoms with Gasteiger partial charge in [0.25, 0.3) is 5.91 Å². The molecule has 3 amide bonds. The third-order valence-corrected chi connectivity index (χ3v) is 3.88. The first kappa shape index (κ1) is 15.1. The first-order chi connectivity index (χ1) is 10.9. The van der Waals surface area contributed by atoms with Gasteiger partial charge in [0.2, 0.25) is 11.8 Å². The minimum Gasteiger partial charge on any atom is -0.340 e. The van der Waals surface area contributed by atoms with Gasteiger partial charge in [-0.25, -0.2) is 0 Å². The average molecular weight is 311 g/mol. The number of hydrogen-bond acceptors (Lipinski definition) is 4. The van der Waals surface area contributed by atoms with Crippen molar-refractivity contribution in [1.82, 2.24) is 15.6 Å². The van der Waals surface area contributed by atoms with E-state index >= 15 is 0 Å². The Hall–Kier alpha value is -2.76. The van der Waals surface area contributed by atoms with E-state index in [1.54, 1.807) is 6.07 Å². The maximum absolute atomic E-state index is 12.6. The second-order valence-corrected chi connectivity index (χ2v) is 5.81. The third kappa shape index (κ3) is 3.06. The highest BCUT2D eigenvalue weighted by Gasteiger charge is 2.28. The van der Waals surface area contributed by atoms with Gasteiger partial charge in [-0.3, -0.25) is 24.7 Å². The van der Waals surface area contributed by atoms with Crippen LogP contribution in [0.3, 0.4) is 0 Å². The molecule has 0 aliphatic carbocycles. The van der Waals surface area contributed by atoms with E-state index in [1.165, 1.54) is 0 Å². The number of carbonyl (C=O) groups excluding carboxylic acids is 3. The number of hydrogen-bond donors (Lipinski definition) is 2. The van der Waals surface area contributed by atoms with Crippen LogP contribution in [0.4, 0.5) is 0 Å². The Kier molecular flexibility index (Phi) is 3.82. The van der Waals surface area contributed by atoms with Crippen LogP contribution in [-0.2, 0) is 9.59 Å². The second-order valence-electron chi connectivity index (χ2n) is 5.81. The van der Waals surface area contributed by atoms with Gasteiger partial charge in [0.15, 0.2) is 0 Å². The Morgan fingerprint density at radius 1 is 1.26 bits per heavy atom. The van der Waals surface area contributed by atoms with E-state index in [4.69, 9.17) is 0 Å². The zero-order valence-corrected chi connectivity index (χ0v) is 13.0. The van der Waals surface area contributed by atoms with Crippen LogP contribution >= 0.6 is 0 Å². The van der Waals surface area contributed by atoms with Gasteiger partial charge in [-0.15, -0.1) is 0 Å². The van der Waals surface area contributed by atoms with E-state index in [0.29, 0.717) is 12.0 Å². The summed E-state index contributed by atoms with van der Waals surface area (Å²) in [4.78, 5) is 40.0. The quantitative estimate of drug-likeness (QED) is 0.820. The highest BCUT2D eigenvalue weighted by molar-refractivity contribution is 6.09. The van der Waals surface area contributed by atoms with Crippen molar-refractivity contribution >= 4 is 28.6 Å². The summed E-state index contributed by atoms with van der Waals surface area (Å²) in [6.45, 7) is 3.77. The fraction of sp³-hybridized carbons (Fsp3) is 0.294. The molecule has 2 N–H and O–H groups in total. The van der Waals surface area contributed by atoms with Crippen LogP contribution in [0.5, 0.6) is 0 Å². The lowest BCUT2D eigenvalue weighted by molar-refractivity contribution is -0.134. The van der Waals surface area contributed by atoms with Crippen molar-refractivity contribution in [3.05, 3.63) is 41.1 Å². The molecule has 0 radical (unpaired) electrons. The number of benzene rings is 1. The smallest absolute Gasteiger partial charge is 0.252 e. The molecule has 1 saturated heterocycles. The van der Waals surface area contributed by atoms with E-state index in [1.807, 2.05) is 32.0 Å². The van der Waals surface area contributed by atoms with Crippen molar-refractivity contribution in [2.75, 3.05) is 0 Å². The normalized spacial score (nSPS) is 17.9. The number of imide groups is 1. The summed E-state index contributed by atoms with van der Waals surface area (Å²) in [5.41, 5.74) is 2.98. The van der Waals surface area contributed by atoms with Gasteiger partial charge in [0.05, 0.1) is 11.1 Å². The molecule has 1 aliphatic heterocycles. The fourth-order valence-corrected chi connectivity index (χ4v) is 2.73. The zero-order chi connectivity index (χ0) is 16.6. The van der Waals surface area contributed by atoms with Gasteiger partial charge in [-0.05, 0) is 38.5 Å². The van der Waals surface area contributed by atoms with Gasteiger partial charge >= 0.3 is 0 Å². The highest BCUT2D eigenvalue weighted by atomic mass is 16.2. The van der Waals surface area contributed by atoms with Gasteiger partial charge in [-0.1, -0.05) is 11.6 Å². The molecule has 0 bridgehead atoms. The number of carbonyl (C=O) groups is 3. The third-order valence-electron chi connectivity index (χ3n) is 3.88. The van der Waals surface area contributed by atoms with Gasteiger partial charge in [0.1, 0.15) is 6.04 Å². The lowest BCUT2D eigenvalue weighted by atomic mass is 10.0. The molecule has 3 rings (SSSR count). The lowest BCUT2D eigenvalue weighted by Crippen LogP contribution is -2.52. The molecule has 1 aliphatic rings. The molecule has 6 heteroatoms. The van der Waals surface area contributed by atoms with Crippen LogP contribution in [0.15, 0.2) is 24.3 Å². The predicted octanol–water partition coefficient (Wildman–Crippen LogP) is 1.39. The van der Waals surface area contributed by atoms with Gasteiger partial charge in [0, 0.05) is 17.5 Å². The SMILES string of the molecule is Cc1ccc2nc(C)cc(C(=O)NC3CCC(=O)NC3=O)c2c1. The number of nitrogens with one attached hydrogen (secondary N) is 2. The Bertz CT molecular complexity index is 829. The number of nitrogens with zero attached hydrogens (tertiary/aromatic N) is 1. The van der Waals surface area contributed by atoms with Crippen molar-refractivity contribution in [2.24, 2.45) is 0 Å². The van der Waals surface area contributed by atoms with E-state index in [2.05, 4.69) is 15.6 Å². The van der Waals surface area contributed by atoms with E-state index in [-0.39, 0.29) is 18.2 Å². The molecule has 0 spiro atoms. The standard InChI is InChI=1S/C17H17N3O3/c1-9-3-4-13-11(7-9)12(8-10(2)18-13)16(22)19-14-5-6-15(21)20-17(14)23/h3-4,7-8,14H,5-6H2,1-2H3,(H,19,22)(H,20,21,23). The van der Waals surface area contributed by atoms with Crippen LogP contribution in [0.25, 0.3) is 10.9 Å². The fourth-order valence-electron chi connectivity index (χ4n) is 2.73. The summed E-state index contributed by atoms with van der Waals surface area (Å²) in [6.07, 6.45) is 0.545. The lowest BCUT2D eigenvalue weighted by Gasteiger charge is -2.22. The Balaban J connectivity index is 1.93. The average Bonchev–Trinajstić information content (AvgIpc) is 2.49. The summed E-state index contributed by atoms with van der Waals surface area (Å²) in [7, 11) is 0. The second kappa shape index (κ2) is 5.79. The molecule has 1 unspecified atom stereocenters. The van der Waals surface area contributed by atoms with Crippen molar-refractivity contribution in [3.63, 3.8) is 0 Å². The molecule has 2 heterocycles. The van der Waals surface area contributed by atoms with Crippen molar-refractivity contribution in [3.8, 4) is 0 Å². The van der Waals surface area contributed by atoms with E-state index in [0.717, 1.165) is 22.2 Å². The van der Waals surface area contributed by atoms with Gasteiger partial charge < -0.3 is 5.32 Å². The van der Waals surface area contributed by atoms with Crippen LogP contribution < -0.4 is 10.6 Å². The molecular weight excluding hydrogens is 294 g/mol. The van der Waals surface area contributed by atoms with Crippen LogP contribution in [0.1, 0.15) is 34.5 Å². The Labute approximate surface area is 133 Å². The molecule has 1 atom stereocenters. The number of pyridine rings is 1. The number of fused-ring (bicyclic) bond motifs is 1. The molecular formula is C17H17N3O3. The molecule has 1 aromatic carbocycles. The minimum atomic E-state index is -0.687. The molecule has 6 nitrogen and oxygen atoms in total. The van der Waals surface area contributed by atoms with Crippen molar-refractivity contribution in [1.29, 1.82) is 0 Å². The summed E-state index contributed by atoms with van der Waals surface area (Å²) >= 11 is 0. The van der Waals surface area contributed by atoms with Crippen LogP contribution in [0.2, 0.25) is 0 Å². The Morgan fingerprint density at radius 2 is 2.04 bits per heavy atom. The summed E-state index contributed by atoms with van der Waals surface area (Å²) < 4.78 is 0. The molecule has 23 heavy (non-hydrogen) atoms. The molecule has 118 valence electrons. The van der Waals surface area contributed by atoms with E-state index < -0.39 is 11.9 Å². The number of rotatable bonds is 2.